The Kier molecular flexibility index (Phi) is 5.13. The average molecular weight is 354 g/mol. The van der Waals surface area contributed by atoms with E-state index in [1.54, 1.807) is 11.8 Å². The lowest BCUT2D eigenvalue weighted by atomic mass is 10.1. The summed E-state index contributed by atoms with van der Waals surface area (Å²) in [6, 6.07) is 13.8. The van der Waals surface area contributed by atoms with Crippen LogP contribution in [0.15, 0.2) is 42.5 Å². The molecule has 0 radical (unpaired) electrons. The highest BCUT2D eigenvalue weighted by Gasteiger charge is 2.34. The molecule has 5 heteroatoms. The Labute approximate surface area is 152 Å². The summed E-state index contributed by atoms with van der Waals surface area (Å²) < 4.78 is 0. The Morgan fingerprint density at radius 3 is 2.60 bits per heavy atom. The molecule has 4 nitrogen and oxygen atoms in total. The molecular formula is C20H22N2O2S. The number of anilines is 2. The molecule has 0 unspecified atom stereocenters. The van der Waals surface area contributed by atoms with Gasteiger partial charge in [0.15, 0.2) is 0 Å². The Bertz CT molecular complexity index is 802. The van der Waals surface area contributed by atoms with E-state index in [4.69, 9.17) is 0 Å². The molecular weight excluding hydrogens is 332 g/mol. The second-order valence-electron chi connectivity index (χ2n) is 6.17. The zero-order valence-corrected chi connectivity index (χ0v) is 15.5. The van der Waals surface area contributed by atoms with Gasteiger partial charge in [0.1, 0.15) is 5.37 Å². The average Bonchev–Trinajstić information content (AvgIpc) is 2.99. The van der Waals surface area contributed by atoms with Gasteiger partial charge in [0.25, 0.3) is 0 Å². The first-order chi connectivity index (χ1) is 12.0. The molecule has 0 aromatic heterocycles. The molecule has 1 heterocycles. The molecule has 1 fully saturated rings. The fourth-order valence-electron chi connectivity index (χ4n) is 2.91. The van der Waals surface area contributed by atoms with Crippen LogP contribution >= 0.6 is 11.8 Å². The van der Waals surface area contributed by atoms with Gasteiger partial charge in [-0.1, -0.05) is 31.2 Å². The predicted molar refractivity (Wildman–Crippen MR) is 104 cm³/mol. The highest BCUT2D eigenvalue weighted by molar-refractivity contribution is 8.00. The minimum absolute atomic E-state index is 0.00446. The number of rotatable bonds is 4. The molecule has 25 heavy (non-hydrogen) atoms. The number of benzene rings is 2. The predicted octanol–water partition coefficient (Wildman–Crippen LogP) is 4.43. The van der Waals surface area contributed by atoms with E-state index < -0.39 is 0 Å². The molecule has 1 N–H and O–H groups in total. The van der Waals surface area contributed by atoms with Crippen LogP contribution in [-0.4, -0.2) is 17.6 Å². The molecule has 0 aliphatic carbocycles. The molecule has 130 valence electrons. The highest BCUT2D eigenvalue weighted by Crippen LogP contribution is 2.43. The number of hydrogen-bond donors (Lipinski definition) is 1. The summed E-state index contributed by atoms with van der Waals surface area (Å²) in [4.78, 5) is 25.9. The van der Waals surface area contributed by atoms with Crippen molar-refractivity contribution in [3.8, 4) is 0 Å². The maximum Gasteiger partial charge on any atom is 0.238 e. The molecule has 2 aromatic rings. The molecule has 0 spiro atoms. The van der Waals surface area contributed by atoms with Gasteiger partial charge in [-0.2, -0.15) is 0 Å². The smallest absolute Gasteiger partial charge is 0.238 e. The van der Waals surface area contributed by atoms with Crippen molar-refractivity contribution in [1.29, 1.82) is 0 Å². The Morgan fingerprint density at radius 1 is 1.20 bits per heavy atom. The van der Waals surface area contributed by atoms with Crippen molar-refractivity contribution in [2.75, 3.05) is 16.0 Å². The Balaban J connectivity index is 1.89. The lowest BCUT2D eigenvalue weighted by Gasteiger charge is -2.26. The number of carbonyl (C=O) groups excluding carboxylic acids is 2. The minimum atomic E-state index is -0.0380. The lowest BCUT2D eigenvalue weighted by Crippen LogP contribution is -2.28. The van der Waals surface area contributed by atoms with Gasteiger partial charge < -0.3 is 5.32 Å². The molecule has 1 aliphatic heterocycles. The zero-order chi connectivity index (χ0) is 18.0. The third-order valence-corrected chi connectivity index (χ3v) is 5.72. The maximum absolute atomic E-state index is 12.5. The van der Waals surface area contributed by atoms with Gasteiger partial charge in [-0.05, 0) is 48.7 Å². The third kappa shape index (κ3) is 3.56. The normalized spacial score (nSPS) is 17.0. The highest BCUT2D eigenvalue weighted by atomic mass is 32.2. The van der Waals surface area contributed by atoms with Crippen LogP contribution in [0.4, 0.5) is 11.4 Å². The van der Waals surface area contributed by atoms with Crippen LogP contribution in [0.5, 0.6) is 0 Å². The first kappa shape index (κ1) is 17.5. The molecule has 1 aliphatic rings. The van der Waals surface area contributed by atoms with E-state index in [9.17, 15) is 9.59 Å². The summed E-state index contributed by atoms with van der Waals surface area (Å²) in [5, 5.41) is 2.81. The SMILES string of the molecule is CCC(=O)Nc1ccc([C@@H]2SCC(=O)N2c2cccc(C)c2C)cc1. The van der Waals surface area contributed by atoms with E-state index in [0.29, 0.717) is 12.2 Å². The topological polar surface area (TPSA) is 49.4 Å². The van der Waals surface area contributed by atoms with Gasteiger partial charge in [-0.3, -0.25) is 14.5 Å². The molecule has 0 saturated carbocycles. The number of aryl methyl sites for hydroxylation is 1. The van der Waals surface area contributed by atoms with Crippen LogP contribution in [0, 0.1) is 13.8 Å². The van der Waals surface area contributed by atoms with Crippen LogP contribution in [-0.2, 0) is 9.59 Å². The molecule has 2 aromatic carbocycles. The number of nitrogens with zero attached hydrogens (tertiary/aromatic N) is 1. The number of hydrogen-bond acceptors (Lipinski definition) is 3. The molecule has 2 amide bonds. The number of amides is 2. The van der Waals surface area contributed by atoms with Gasteiger partial charge in [-0.25, -0.2) is 0 Å². The summed E-state index contributed by atoms with van der Waals surface area (Å²) in [5.74, 6) is 0.606. The van der Waals surface area contributed by atoms with Gasteiger partial charge in [0, 0.05) is 17.8 Å². The van der Waals surface area contributed by atoms with Gasteiger partial charge in [0.2, 0.25) is 11.8 Å². The first-order valence-electron chi connectivity index (χ1n) is 8.41. The fraction of sp³-hybridized carbons (Fsp3) is 0.300. The van der Waals surface area contributed by atoms with E-state index >= 15 is 0 Å². The van der Waals surface area contributed by atoms with E-state index in [-0.39, 0.29) is 17.2 Å². The number of thioether (sulfide) groups is 1. The van der Waals surface area contributed by atoms with Crippen molar-refractivity contribution < 1.29 is 9.59 Å². The molecule has 1 atom stereocenters. The summed E-state index contributed by atoms with van der Waals surface area (Å²) in [5.41, 5.74) is 5.13. The first-order valence-corrected chi connectivity index (χ1v) is 9.46. The van der Waals surface area contributed by atoms with Crippen molar-refractivity contribution in [1.82, 2.24) is 0 Å². The monoisotopic (exact) mass is 354 g/mol. The van der Waals surface area contributed by atoms with E-state index in [0.717, 1.165) is 22.5 Å². The van der Waals surface area contributed by atoms with Gasteiger partial charge in [-0.15, -0.1) is 11.8 Å². The zero-order valence-electron chi connectivity index (χ0n) is 14.7. The summed E-state index contributed by atoms with van der Waals surface area (Å²) >= 11 is 1.63. The van der Waals surface area contributed by atoms with Crippen LogP contribution in [0.3, 0.4) is 0 Å². The van der Waals surface area contributed by atoms with Crippen molar-refractivity contribution in [3.63, 3.8) is 0 Å². The largest absolute Gasteiger partial charge is 0.326 e. The molecule has 0 bridgehead atoms. The summed E-state index contributed by atoms with van der Waals surface area (Å²) in [7, 11) is 0. The number of carbonyl (C=O) groups is 2. The summed E-state index contributed by atoms with van der Waals surface area (Å²) in [6.07, 6.45) is 0.454. The molecule has 1 saturated heterocycles. The lowest BCUT2D eigenvalue weighted by molar-refractivity contribution is -0.116. The van der Waals surface area contributed by atoms with Crippen molar-refractivity contribution in [3.05, 3.63) is 59.2 Å². The van der Waals surface area contributed by atoms with Crippen LogP contribution in [0.1, 0.15) is 35.4 Å². The molecule has 3 rings (SSSR count). The van der Waals surface area contributed by atoms with Crippen molar-refractivity contribution in [2.24, 2.45) is 0 Å². The minimum Gasteiger partial charge on any atom is -0.326 e. The van der Waals surface area contributed by atoms with Gasteiger partial charge in [0.05, 0.1) is 5.75 Å². The van der Waals surface area contributed by atoms with Crippen LogP contribution in [0.25, 0.3) is 0 Å². The van der Waals surface area contributed by atoms with Crippen LogP contribution < -0.4 is 10.2 Å². The van der Waals surface area contributed by atoms with Gasteiger partial charge >= 0.3 is 0 Å². The van der Waals surface area contributed by atoms with E-state index in [2.05, 4.69) is 25.2 Å². The summed E-state index contributed by atoms with van der Waals surface area (Å²) in [6.45, 7) is 5.95. The van der Waals surface area contributed by atoms with E-state index in [1.165, 1.54) is 5.56 Å². The second kappa shape index (κ2) is 7.31. The Morgan fingerprint density at radius 2 is 1.92 bits per heavy atom. The quantitative estimate of drug-likeness (QED) is 0.883. The maximum atomic E-state index is 12.5. The van der Waals surface area contributed by atoms with Crippen molar-refractivity contribution in [2.45, 2.75) is 32.6 Å². The Hall–Kier alpha value is -2.27. The second-order valence-corrected chi connectivity index (χ2v) is 7.24. The van der Waals surface area contributed by atoms with Crippen molar-refractivity contribution >= 4 is 35.0 Å². The fourth-order valence-corrected chi connectivity index (χ4v) is 4.08. The van der Waals surface area contributed by atoms with E-state index in [1.807, 2.05) is 48.2 Å². The van der Waals surface area contributed by atoms with Crippen LogP contribution in [0.2, 0.25) is 0 Å². The third-order valence-electron chi connectivity index (χ3n) is 4.50. The standard InChI is InChI=1S/C20H22N2O2S/c1-4-18(23)21-16-10-8-15(9-11-16)20-22(19(24)12-25-20)17-7-5-6-13(2)14(17)3/h5-11,20H,4,12H2,1-3H3,(H,21,23)/t20-/m0/s1. The number of nitrogens with one attached hydrogen (secondary N) is 1.